The highest BCUT2D eigenvalue weighted by molar-refractivity contribution is 6.10. The van der Waals surface area contributed by atoms with Crippen LogP contribution in [0.5, 0.6) is 0 Å². The molecule has 0 unspecified atom stereocenters. The lowest BCUT2D eigenvalue weighted by molar-refractivity contribution is 1.09. The molecular weight excluding hydrogens is 803 g/mol. The summed E-state index contributed by atoms with van der Waals surface area (Å²) in [6, 6.07) is 89.2. The van der Waals surface area contributed by atoms with Gasteiger partial charge in [0.2, 0.25) is 5.78 Å². The third kappa shape index (κ3) is 6.13. The maximum absolute atomic E-state index is 5.28. The first-order valence-electron chi connectivity index (χ1n) is 22.5. The van der Waals surface area contributed by atoms with Crippen LogP contribution in [0.2, 0.25) is 0 Å². The van der Waals surface area contributed by atoms with E-state index in [1.807, 2.05) is 0 Å². The van der Waals surface area contributed by atoms with Crippen LogP contribution in [-0.4, -0.2) is 18.5 Å². The summed E-state index contributed by atoms with van der Waals surface area (Å²) in [7, 11) is 0. The number of hydrogen-bond acceptors (Lipinski definition) is 2. The molecule has 0 aliphatic heterocycles. The van der Waals surface area contributed by atoms with Crippen molar-refractivity contribution in [3.8, 4) is 44.8 Å². The summed E-state index contributed by atoms with van der Waals surface area (Å²) in [5.74, 6) is 0.880. The predicted octanol–water partition coefficient (Wildman–Crippen LogP) is 16.0. The van der Waals surface area contributed by atoms with Crippen molar-refractivity contribution in [1.82, 2.24) is 18.5 Å². The van der Waals surface area contributed by atoms with Crippen molar-refractivity contribution < 1.29 is 0 Å². The molecule has 0 saturated carbocycles. The van der Waals surface area contributed by atoms with Crippen LogP contribution in [0.3, 0.4) is 0 Å². The maximum atomic E-state index is 5.28. The van der Waals surface area contributed by atoms with E-state index in [9.17, 15) is 0 Å². The minimum atomic E-state index is 0.880. The lowest BCUT2D eigenvalue weighted by atomic mass is 10.0. The lowest BCUT2D eigenvalue weighted by Crippen LogP contribution is -2.09. The second kappa shape index (κ2) is 15.4. The summed E-state index contributed by atoms with van der Waals surface area (Å²) in [4.78, 5) is 7.62. The quantitative estimate of drug-likeness (QED) is 0.153. The predicted molar refractivity (Wildman–Crippen MR) is 275 cm³/mol. The van der Waals surface area contributed by atoms with Crippen LogP contribution in [0.1, 0.15) is 0 Å². The molecule has 0 bridgehead atoms. The summed E-state index contributed by atoms with van der Waals surface area (Å²) < 4.78 is 7.07. The van der Waals surface area contributed by atoms with Crippen molar-refractivity contribution in [3.05, 3.63) is 249 Å². The van der Waals surface area contributed by atoms with Crippen LogP contribution in [-0.2, 0) is 0 Å². The molecule has 310 valence electrons. The molecule has 0 spiro atoms. The summed E-state index contributed by atoms with van der Waals surface area (Å²) in [5, 5.41) is 2.47. The Kier molecular flexibility index (Phi) is 8.78. The normalized spacial score (nSPS) is 11.6. The molecule has 5 heteroatoms. The van der Waals surface area contributed by atoms with Crippen molar-refractivity contribution in [1.29, 1.82) is 0 Å². The highest BCUT2D eigenvalue weighted by Gasteiger charge is 2.23. The van der Waals surface area contributed by atoms with Gasteiger partial charge in [0.15, 0.2) is 0 Å². The third-order valence-electron chi connectivity index (χ3n) is 13.1. The Balaban J connectivity index is 0.904. The van der Waals surface area contributed by atoms with Gasteiger partial charge in [0.05, 0.1) is 38.8 Å². The number of nitrogens with zero attached hydrogens (tertiary/aromatic N) is 5. The number of aromatic nitrogens is 4. The smallest absolute Gasteiger partial charge is 0.220 e. The van der Waals surface area contributed by atoms with Gasteiger partial charge < -0.3 is 9.47 Å². The van der Waals surface area contributed by atoms with Gasteiger partial charge in [-0.25, -0.2) is 4.98 Å². The Labute approximate surface area is 381 Å². The molecule has 66 heavy (non-hydrogen) atoms. The summed E-state index contributed by atoms with van der Waals surface area (Å²) >= 11 is 0. The zero-order chi connectivity index (χ0) is 43.6. The van der Waals surface area contributed by atoms with Gasteiger partial charge in [-0.2, -0.15) is 0 Å². The molecule has 13 rings (SSSR count). The molecule has 0 aliphatic rings. The fraction of sp³-hybridized carbons (Fsp3) is 0. The molecule has 0 atom stereocenters. The van der Waals surface area contributed by atoms with Gasteiger partial charge in [0.1, 0.15) is 0 Å². The topological polar surface area (TPSA) is 30.4 Å². The van der Waals surface area contributed by atoms with Gasteiger partial charge in [0, 0.05) is 33.5 Å². The van der Waals surface area contributed by atoms with Crippen molar-refractivity contribution in [3.63, 3.8) is 0 Å². The molecule has 5 nitrogen and oxygen atoms in total. The molecule has 3 aromatic heterocycles. The van der Waals surface area contributed by atoms with E-state index >= 15 is 0 Å². The molecule has 3 heterocycles. The number of para-hydroxylation sites is 5. The van der Waals surface area contributed by atoms with Gasteiger partial charge in [-0.3, -0.25) is 8.97 Å². The van der Waals surface area contributed by atoms with Crippen molar-refractivity contribution in [2.45, 2.75) is 0 Å². The monoisotopic (exact) mass is 843 g/mol. The molecular formula is C61H41N5. The fourth-order valence-electron chi connectivity index (χ4n) is 9.96. The average Bonchev–Trinajstić information content (AvgIpc) is 4.05. The van der Waals surface area contributed by atoms with E-state index in [1.54, 1.807) is 0 Å². The first-order chi connectivity index (χ1) is 32.7. The minimum Gasteiger partial charge on any atom is -0.311 e. The van der Waals surface area contributed by atoms with Crippen LogP contribution < -0.4 is 4.90 Å². The van der Waals surface area contributed by atoms with E-state index in [-0.39, 0.29) is 0 Å². The molecule has 0 saturated heterocycles. The molecule has 0 radical (unpaired) electrons. The third-order valence-corrected chi connectivity index (χ3v) is 13.1. The molecule has 13 aromatic rings. The van der Waals surface area contributed by atoms with E-state index in [1.165, 1.54) is 44.1 Å². The van der Waals surface area contributed by atoms with Crippen LogP contribution in [0.4, 0.5) is 17.1 Å². The van der Waals surface area contributed by atoms with Crippen LogP contribution >= 0.6 is 0 Å². The Morgan fingerprint density at radius 3 is 1.23 bits per heavy atom. The van der Waals surface area contributed by atoms with Crippen molar-refractivity contribution in [2.75, 3.05) is 4.90 Å². The molecule has 0 N–H and O–H groups in total. The maximum Gasteiger partial charge on any atom is 0.220 e. The first kappa shape index (κ1) is 37.6. The second-order valence-electron chi connectivity index (χ2n) is 16.8. The number of rotatable bonds is 8. The fourth-order valence-corrected chi connectivity index (χ4v) is 9.96. The summed E-state index contributed by atoms with van der Waals surface area (Å²) in [5.41, 5.74) is 19.1. The number of anilines is 3. The largest absolute Gasteiger partial charge is 0.311 e. The van der Waals surface area contributed by atoms with Gasteiger partial charge in [-0.1, -0.05) is 164 Å². The number of imidazole rings is 2. The van der Waals surface area contributed by atoms with Gasteiger partial charge in [0.25, 0.3) is 0 Å². The van der Waals surface area contributed by atoms with Crippen LogP contribution in [0, 0.1) is 0 Å². The zero-order valence-electron chi connectivity index (χ0n) is 35.9. The molecule has 0 fully saturated rings. The van der Waals surface area contributed by atoms with E-state index < -0.39 is 0 Å². The lowest BCUT2D eigenvalue weighted by Gasteiger charge is -2.26. The Hall–Kier alpha value is -8.93. The van der Waals surface area contributed by atoms with Gasteiger partial charge in [-0.05, 0) is 118 Å². The SMILES string of the molecule is c1ccc(-c2ccc(N(c3ccc(-c4ccccc4)cc3)c3ccc(-c4ccc(-n5c6c(-n7c8ccccc8c8ccccc87)cccc6n6c7ccccc7nc56)cc4)cc3)cc2)cc1. The zero-order valence-corrected chi connectivity index (χ0v) is 35.9. The summed E-state index contributed by atoms with van der Waals surface area (Å²) in [6.45, 7) is 0. The highest BCUT2D eigenvalue weighted by atomic mass is 15.2. The van der Waals surface area contributed by atoms with E-state index in [2.05, 4.69) is 267 Å². The average molecular weight is 844 g/mol. The van der Waals surface area contributed by atoms with Crippen molar-refractivity contribution >= 4 is 66.7 Å². The van der Waals surface area contributed by atoms with Crippen LogP contribution in [0.15, 0.2) is 249 Å². The minimum absolute atomic E-state index is 0.880. The van der Waals surface area contributed by atoms with Gasteiger partial charge in [-0.15, -0.1) is 0 Å². The molecule has 0 amide bonds. The number of fused-ring (bicyclic) bond motifs is 8. The highest BCUT2D eigenvalue weighted by Crippen LogP contribution is 2.40. The summed E-state index contributed by atoms with van der Waals surface area (Å²) in [6.07, 6.45) is 0. The van der Waals surface area contributed by atoms with E-state index in [4.69, 9.17) is 4.98 Å². The van der Waals surface area contributed by atoms with E-state index in [0.717, 1.165) is 67.4 Å². The first-order valence-corrected chi connectivity index (χ1v) is 22.5. The van der Waals surface area contributed by atoms with Crippen LogP contribution in [0.25, 0.3) is 94.4 Å². The Bertz CT molecular complexity index is 3740. The second-order valence-corrected chi connectivity index (χ2v) is 16.8. The molecule has 0 aliphatic carbocycles. The molecule has 10 aromatic carbocycles. The number of benzene rings is 10. The standard InChI is InChI=1S/C61H41N5/c1-3-14-42(15-4-1)44-26-34-48(35-27-44)63(49-36-28-45(29-37-49)43-16-5-2-6-17-43)50-38-30-46(31-39-50)47-32-40-51(41-33-47)64-60-58(65-55-21-10-7-18-52(55)53-19-8-11-22-56(53)65)24-13-25-59(60)66-57-23-12-9-20-54(57)62-61(64)66/h1-41H. The number of hydrogen-bond donors (Lipinski definition) is 0. The van der Waals surface area contributed by atoms with E-state index in [0.29, 0.717) is 0 Å². The Morgan fingerprint density at radius 2 is 0.712 bits per heavy atom. The Morgan fingerprint density at radius 1 is 0.303 bits per heavy atom. The van der Waals surface area contributed by atoms with Gasteiger partial charge >= 0.3 is 0 Å². The van der Waals surface area contributed by atoms with Crippen molar-refractivity contribution in [2.24, 2.45) is 0 Å².